The van der Waals surface area contributed by atoms with Gasteiger partial charge in [-0.25, -0.2) is 13.1 Å². The van der Waals surface area contributed by atoms with Crippen molar-refractivity contribution in [3.8, 4) is 22.6 Å². The Bertz CT molecular complexity index is 1240. The summed E-state index contributed by atoms with van der Waals surface area (Å²) in [4.78, 5) is -0.611. The third-order valence-electron chi connectivity index (χ3n) is 4.34. The highest BCUT2D eigenvalue weighted by Gasteiger charge is 2.33. The number of hydrogen-bond acceptors (Lipinski definition) is 4. The summed E-state index contributed by atoms with van der Waals surface area (Å²) in [6, 6.07) is 6.77. The molecule has 0 bridgehead atoms. The molecule has 13 heteroatoms. The van der Waals surface area contributed by atoms with Crippen LogP contribution in [0.5, 0.6) is 5.75 Å². The molecule has 0 fully saturated rings. The van der Waals surface area contributed by atoms with E-state index in [1.807, 2.05) is 0 Å². The number of alkyl halides is 6. The lowest BCUT2D eigenvalue weighted by molar-refractivity contribution is -0.274. The van der Waals surface area contributed by atoms with Gasteiger partial charge < -0.3 is 4.74 Å². The highest BCUT2D eigenvalue weighted by Crippen LogP contribution is 2.36. The molecular formula is C19H13ClF6N2O3S. The third-order valence-corrected chi connectivity index (χ3v) is 6.46. The summed E-state index contributed by atoms with van der Waals surface area (Å²) in [6.45, 7) is 1.28. The van der Waals surface area contributed by atoms with Crippen LogP contribution in [0.2, 0.25) is 5.15 Å². The van der Waals surface area contributed by atoms with Crippen molar-refractivity contribution in [3.63, 3.8) is 0 Å². The molecule has 0 atom stereocenters. The standard InChI is InChI=1S/C19H13ClF6N2O3S/c1-2-32(29,30)16-9-12(18(21,22)23)5-8-15(16)28-17(20)14(10-27-28)11-3-6-13(7-4-11)31-19(24,25)26/h3-10H,2H2,1H3. The van der Waals surface area contributed by atoms with Gasteiger partial charge >= 0.3 is 12.5 Å². The molecule has 5 nitrogen and oxygen atoms in total. The number of ether oxygens (including phenoxy) is 1. The second-order valence-electron chi connectivity index (χ2n) is 6.42. The van der Waals surface area contributed by atoms with Crippen LogP contribution in [-0.2, 0) is 16.0 Å². The number of benzene rings is 2. The molecule has 3 aromatic rings. The zero-order valence-electron chi connectivity index (χ0n) is 16.0. The van der Waals surface area contributed by atoms with E-state index in [4.69, 9.17) is 11.6 Å². The molecule has 0 spiro atoms. The molecule has 0 radical (unpaired) electrons. The maximum atomic E-state index is 13.1. The fourth-order valence-corrected chi connectivity index (χ4v) is 4.18. The van der Waals surface area contributed by atoms with E-state index in [2.05, 4.69) is 9.84 Å². The first-order valence-electron chi connectivity index (χ1n) is 8.77. The largest absolute Gasteiger partial charge is 0.573 e. The monoisotopic (exact) mass is 498 g/mol. The number of nitrogens with zero attached hydrogens (tertiary/aromatic N) is 2. The molecular weight excluding hydrogens is 486 g/mol. The lowest BCUT2D eigenvalue weighted by Crippen LogP contribution is -2.16. The maximum absolute atomic E-state index is 13.1. The summed E-state index contributed by atoms with van der Waals surface area (Å²) >= 11 is 6.31. The average molecular weight is 499 g/mol. The summed E-state index contributed by atoms with van der Waals surface area (Å²) in [5.41, 5.74) is -0.822. The number of rotatable bonds is 5. The Kier molecular flexibility index (Phi) is 6.22. The van der Waals surface area contributed by atoms with Gasteiger partial charge in [-0.05, 0) is 35.9 Å². The van der Waals surface area contributed by atoms with Crippen LogP contribution in [0.4, 0.5) is 26.3 Å². The Morgan fingerprint density at radius 2 is 1.66 bits per heavy atom. The highest BCUT2D eigenvalue weighted by molar-refractivity contribution is 7.91. The van der Waals surface area contributed by atoms with E-state index in [0.29, 0.717) is 17.7 Å². The second-order valence-corrected chi connectivity index (χ2v) is 9.02. The molecule has 172 valence electrons. The van der Waals surface area contributed by atoms with Gasteiger partial charge in [-0.3, -0.25) is 0 Å². The van der Waals surface area contributed by atoms with Crippen LogP contribution >= 0.6 is 11.6 Å². The maximum Gasteiger partial charge on any atom is 0.573 e. The van der Waals surface area contributed by atoms with Gasteiger partial charge in [0, 0.05) is 5.56 Å². The zero-order chi connectivity index (χ0) is 23.9. The minimum Gasteiger partial charge on any atom is -0.406 e. The fourth-order valence-electron chi connectivity index (χ4n) is 2.80. The molecule has 1 aromatic heterocycles. The molecule has 0 unspecified atom stereocenters. The predicted molar refractivity (Wildman–Crippen MR) is 103 cm³/mol. The third kappa shape index (κ3) is 5.01. The van der Waals surface area contributed by atoms with Crippen molar-refractivity contribution in [2.24, 2.45) is 0 Å². The van der Waals surface area contributed by atoms with Gasteiger partial charge in [-0.1, -0.05) is 30.7 Å². The van der Waals surface area contributed by atoms with Crippen molar-refractivity contribution in [1.82, 2.24) is 9.78 Å². The van der Waals surface area contributed by atoms with Crippen molar-refractivity contribution in [3.05, 3.63) is 59.4 Å². The molecule has 32 heavy (non-hydrogen) atoms. The molecule has 0 aliphatic carbocycles. The second kappa shape index (κ2) is 8.32. The Morgan fingerprint density at radius 1 is 1.03 bits per heavy atom. The summed E-state index contributed by atoms with van der Waals surface area (Å²) < 4.78 is 106. The van der Waals surface area contributed by atoms with Crippen molar-refractivity contribution < 1.29 is 39.5 Å². The van der Waals surface area contributed by atoms with E-state index in [9.17, 15) is 34.8 Å². The van der Waals surface area contributed by atoms with Gasteiger partial charge in [-0.15, -0.1) is 13.2 Å². The molecule has 0 aliphatic heterocycles. The molecule has 3 rings (SSSR count). The van der Waals surface area contributed by atoms with Crippen molar-refractivity contribution in [2.45, 2.75) is 24.4 Å². The first kappa shape index (κ1) is 23.9. The SMILES string of the molecule is CCS(=O)(=O)c1cc(C(F)(F)F)ccc1-n1ncc(-c2ccc(OC(F)(F)F)cc2)c1Cl. The molecule has 0 saturated heterocycles. The van der Waals surface area contributed by atoms with Gasteiger partial charge in [-0.2, -0.15) is 18.3 Å². The van der Waals surface area contributed by atoms with E-state index in [-0.39, 0.29) is 16.4 Å². The molecule has 0 amide bonds. The number of aromatic nitrogens is 2. The molecule has 2 aromatic carbocycles. The van der Waals surface area contributed by atoms with Gasteiger partial charge in [0.1, 0.15) is 10.9 Å². The lowest BCUT2D eigenvalue weighted by Gasteiger charge is -2.14. The van der Waals surface area contributed by atoms with Crippen molar-refractivity contribution in [1.29, 1.82) is 0 Å². The van der Waals surface area contributed by atoms with Crippen molar-refractivity contribution >= 4 is 21.4 Å². The molecule has 0 aliphatic rings. The van der Waals surface area contributed by atoms with Crippen LogP contribution < -0.4 is 4.74 Å². The highest BCUT2D eigenvalue weighted by atomic mass is 35.5. The quantitative estimate of drug-likeness (QED) is 0.411. The molecule has 1 heterocycles. The number of hydrogen-bond donors (Lipinski definition) is 0. The van der Waals surface area contributed by atoms with E-state index in [1.165, 1.54) is 25.3 Å². The van der Waals surface area contributed by atoms with Crippen LogP contribution in [0.15, 0.2) is 53.6 Å². The summed E-state index contributed by atoms with van der Waals surface area (Å²) in [6.07, 6.45) is -8.42. The van der Waals surface area contributed by atoms with Crippen LogP contribution in [0.1, 0.15) is 12.5 Å². The van der Waals surface area contributed by atoms with Gasteiger partial charge in [0.05, 0.1) is 28.1 Å². The van der Waals surface area contributed by atoms with E-state index < -0.39 is 44.3 Å². The summed E-state index contributed by atoms with van der Waals surface area (Å²) in [5.74, 6) is -0.933. The Labute approximate surface area is 183 Å². The Balaban J connectivity index is 2.08. The Morgan fingerprint density at radius 3 is 2.19 bits per heavy atom. The van der Waals surface area contributed by atoms with Gasteiger partial charge in [0.15, 0.2) is 9.84 Å². The van der Waals surface area contributed by atoms with Crippen LogP contribution in [0.3, 0.4) is 0 Å². The van der Waals surface area contributed by atoms with E-state index >= 15 is 0 Å². The summed E-state index contributed by atoms with van der Waals surface area (Å²) in [7, 11) is -4.10. The smallest absolute Gasteiger partial charge is 0.406 e. The average Bonchev–Trinajstić information content (AvgIpc) is 3.07. The van der Waals surface area contributed by atoms with Gasteiger partial charge in [0.25, 0.3) is 0 Å². The van der Waals surface area contributed by atoms with E-state index in [1.54, 1.807) is 0 Å². The van der Waals surface area contributed by atoms with Gasteiger partial charge in [0.2, 0.25) is 0 Å². The minimum atomic E-state index is -4.87. The molecule has 0 N–H and O–H groups in total. The topological polar surface area (TPSA) is 61.2 Å². The van der Waals surface area contributed by atoms with Crippen LogP contribution in [0, 0.1) is 0 Å². The van der Waals surface area contributed by atoms with Crippen LogP contribution in [-0.4, -0.2) is 30.3 Å². The minimum absolute atomic E-state index is 0.151. The number of sulfone groups is 1. The normalized spacial score (nSPS) is 12.8. The van der Waals surface area contributed by atoms with Crippen LogP contribution in [0.25, 0.3) is 16.8 Å². The fraction of sp³-hybridized carbons (Fsp3) is 0.211. The number of halogens is 7. The van der Waals surface area contributed by atoms with E-state index in [0.717, 1.165) is 22.9 Å². The lowest BCUT2D eigenvalue weighted by atomic mass is 10.1. The first-order valence-corrected chi connectivity index (χ1v) is 10.8. The van der Waals surface area contributed by atoms with Crippen molar-refractivity contribution in [2.75, 3.05) is 5.75 Å². The summed E-state index contributed by atoms with van der Waals surface area (Å²) in [5, 5.41) is 3.82. The first-order chi connectivity index (χ1) is 14.7. The Hall–Kier alpha value is -2.73. The zero-order valence-corrected chi connectivity index (χ0v) is 17.6. The molecule has 0 saturated carbocycles. The predicted octanol–water partition coefficient (Wildman–Crippen LogP) is 5.90.